The lowest BCUT2D eigenvalue weighted by Crippen LogP contribution is -2.53. The van der Waals surface area contributed by atoms with Crippen molar-refractivity contribution in [2.45, 2.75) is 44.7 Å². The summed E-state index contributed by atoms with van der Waals surface area (Å²) in [5, 5.41) is 3.41. The first-order chi connectivity index (χ1) is 20.6. The molecule has 1 N–H and O–H groups in total. The number of hydrogen-bond donors (Lipinski definition) is 1. The quantitative estimate of drug-likeness (QED) is 0.214. The van der Waals surface area contributed by atoms with Crippen LogP contribution in [-0.4, -0.2) is 44.3 Å². The fourth-order valence-corrected chi connectivity index (χ4v) is 6.25. The summed E-state index contributed by atoms with van der Waals surface area (Å²) >= 11 is 6.12. The molecule has 0 radical (unpaired) electrons. The minimum Gasteiger partial charge on any atom is -0.355 e. The summed E-state index contributed by atoms with van der Waals surface area (Å²) in [5.41, 5.74) is 3.84. The Balaban J connectivity index is 1.78. The average molecular weight is 618 g/mol. The van der Waals surface area contributed by atoms with Gasteiger partial charge in [0.2, 0.25) is 11.8 Å². The van der Waals surface area contributed by atoms with E-state index in [1.54, 1.807) is 60.7 Å². The lowest BCUT2D eigenvalue weighted by Gasteiger charge is -2.34. The van der Waals surface area contributed by atoms with Gasteiger partial charge in [0, 0.05) is 24.5 Å². The number of nitrogens with zero attached hydrogens (tertiary/aromatic N) is 2. The van der Waals surface area contributed by atoms with Crippen LogP contribution in [0.3, 0.4) is 0 Å². The molecule has 43 heavy (non-hydrogen) atoms. The van der Waals surface area contributed by atoms with Crippen molar-refractivity contribution in [1.29, 1.82) is 0 Å². The number of nitrogens with one attached hydrogen (secondary N) is 1. The van der Waals surface area contributed by atoms with E-state index in [0.29, 0.717) is 17.3 Å². The highest BCUT2D eigenvalue weighted by Crippen LogP contribution is 2.26. The Kier molecular flexibility index (Phi) is 10.6. The van der Waals surface area contributed by atoms with Crippen molar-refractivity contribution in [2.24, 2.45) is 0 Å². The first-order valence-corrected chi connectivity index (χ1v) is 15.9. The van der Waals surface area contributed by atoms with Crippen LogP contribution < -0.4 is 9.62 Å². The van der Waals surface area contributed by atoms with Crippen molar-refractivity contribution < 1.29 is 18.0 Å². The molecule has 0 heterocycles. The molecule has 9 heteroatoms. The zero-order valence-corrected chi connectivity index (χ0v) is 26.1. The van der Waals surface area contributed by atoms with Gasteiger partial charge in [-0.25, -0.2) is 8.42 Å². The Morgan fingerprint density at radius 2 is 1.37 bits per heavy atom. The normalized spacial score (nSPS) is 11.9. The summed E-state index contributed by atoms with van der Waals surface area (Å²) in [6.07, 6.45) is 0.251. The molecule has 4 aromatic carbocycles. The van der Waals surface area contributed by atoms with E-state index >= 15 is 0 Å². The third kappa shape index (κ3) is 8.24. The maximum Gasteiger partial charge on any atom is 0.264 e. The lowest BCUT2D eigenvalue weighted by molar-refractivity contribution is -0.140. The summed E-state index contributed by atoms with van der Waals surface area (Å²) in [4.78, 5) is 29.4. The van der Waals surface area contributed by atoms with Crippen LogP contribution in [0, 0.1) is 13.8 Å². The Morgan fingerprint density at radius 1 is 0.791 bits per heavy atom. The Labute approximate surface area is 259 Å². The molecule has 1 atom stereocenters. The van der Waals surface area contributed by atoms with Gasteiger partial charge in [-0.1, -0.05) is 89.5 Å². The summed E-state index contributed by atoms with van der Waals surface area (Å²) in [6.45, 7) is 5.55. The summed E-state index contributed by atoms with van der Waals surface area (Å²) in [7, 11) is -4.14. The van der Waals surface area contributed by atoms with Crippen LogP contribution in [0.15, 0.2) is 108 Å². The third-order valence-electron chi connectivity index (χ3n) is 7.10. The van der Waals surface area contributed by atoms with Crippen LogP contribution in [0.1, 0.15) is 29.2 Å². The molecule has 0 saturated carbocycles. The molecule has 0 spiro atoms. The number of hydrogen-bond acceptors (Lipinski definition) is 4. The molecule has 2 amide bonds. The largest absolute Gasteiger partial charge is 0.355 e. The van der Waals surface area contributed by atoms with Crippen LogP contribution >= 0.6 is 11.6 Å². The van der Waals surface area contributed by atoms with Gasteiger partial charge in [0.15, 0.2) is 0 Å². The van der Waals surface area contributed by atoms with Gasteiger partial charge in [0.05, 0.1) is 10.6 Å². The Morgan fingerprint density at radius 3 is 1.95 bits per heavy atom. The number of rotatable bonds is 12. The maximum absolute atomic E-state index is 14.4. The monoisotopic (exact) mass is 617 g/mol. The van der Waals surface area contributed by atoms with Crippen molar-refractivity contribution in [2.75, 3.05) is 17.4 Å². The molecule has 0 aliphatic rings. The second-order valence-corrected chi connectivity index (χ2v) is 12.7. The van der Waals surface area contributed by atoms with E-state index in [1.165, 1.54) is 17.0 Å². The molecule has 0 unspecified atom stereocenters. The predicted octanol–water partition coefficient (Wildman–Crippen LogP) is 5.93. The van der Waals surface area contributed by atoms with Gasteiger partial charge in [-0.15, -0.1) is 0 Å². The number of aryl methyl sites for hydroxylation is 2. The minimum absolute atomic E-state index is 0.0697. The second-order valence-electron chi connectivity index (χ2n) is 10.4. The van der Waals surface area contributed by atoms with Gasteiger partial charge in [-0.2, -0.15) is 0 Å². The third-order valence-corrected chi connectivity index (χ3v) is 9.14. The van der Waals surface area contributed by atoms with Crippen molar-refractivity contribution in [3.05, 3.63) is 130 Å². The van der Waals surface area contributed by atoms with Crippen LogP contribution in [0.5, 0.6) is 0 Å². The predicted molar refractivity (Wildman–Crippen MR) is 172 cm³/mol. The van der Waals surface area contributed by atoms with Crippen LogP contribution in [0.25, 0.3) is 0 Å². The number of anilines is 1. The van der Waals surface area contributed by atoms with E-state index < -0.39 is 28.5 Å². The summed E-state index contributed by atoms with van der Waals surface area (Å²) < 4.78 is 29.2. The zero-order chi connectivity index (χ0) is 31.0. The topological polar surface area (TPSA) is 86.8 Å². The fourth-order valence-electron chi connectivity index (χ4n) is 4.71. The number of likely N-dealkylation sites (N-methyl/N-ethyl adjacent to an activating group) is 1. The standard InChI is InChI=1S/C34H36ClN3O4S/c1-4-36-34(40)32(22-27-8-6-5-7-9-27)37(23-28-14-16-29(35)17-15-28)33(39)24-38(30-18-10-25(2)11-19-30)43(41,42)31-20-12-26(3)13-21-31/h5-21,32H,4,22-24H2,1-3H3,(H,36,40)/t32-/m1/s1. The molecule has 4 rings (SSSR count). The Hall–Kier alpha value is -4.14. The highest BCUT2D eigenvalue weighted by molar-refractivity contribution is 7.92. The van der Waals surface area contributed by atoms with Crippen molar-refractivity contribution >= 4 is 39.1 Å². The maximum atomic E-state index is 14.4. The molecular weight excluding hydrogens is 582 g/mol. The van der Waals surface area contributed by atoms with E-state index in [9.17, 15) is 18.0 Å². The van der Waals surface area contributed by atoms with Gasteiger partial charge in [-0.3, -0.25) is 13.9 Å². The number of halogens is 1. The van der Waals surface area contributed by atoms with Crippen molar-refractivity contribution in [3.8, 4) is 0 Å². The van der Waals surface area contributed by atoms with E-state index in [4.69, 9.17) is 11.6 Å². The van der Waals surface area contributed by atoms with Crippen molar-refractivity contribution in [3.63, 3.8) is 0 Å². The molecule has 0 aromatic heterocycles. The molecule has 0 aliphatic heterocycles. The van der Waals surface area contributed by atoms with Gasteiger partial charge >= 0.3 is 0 Å². The summed E-state index contributed by atoms with van der Waals surface area (Å²) in [6, 6.07) is 29.1. The van der Waals surface area contributed by atoms with E-state index in [1.807, 2.05) is 51.1 Å². The van der Waals surface area contributed by atoms with Crippen LogP contribution in [-0.2, 0) is 32.6 Å². The number of carbonyl (C=O) groups is 2. The first kappa shape index (κ1) is 31.8. The van der Waals surface area contributed by atoms with Gasteiger partial charge < -0.3 is 10.2 Å². The Bertz CT molecular complexity index is 1630. The van der Waals surface area contributed by atoms with E-state index in [0.717, 1.165) is 26.6 Å². The lowest BCUT2D eigenvalue weighted by atomic mass is 10.0. The molecule has 224 valence electrons. The zero-order valence-electron chi connectivity index (χ0n) is 24.5. The van der Waals surface area contributed by atoms with E-state index in [-0.39, 0.29) is 23.8 Å². The highest BCUT2D eigenvalue weighted by atomic mass is 35.5. The number of amides is 2. The smallest absolute Gasteiger partial charge is 0.264 e. The molecule has 0 aliphatic carbocycles. The molecule has 4 aromatic rings. The number of benzene rings is 4. The van der Waals surface area contributed by atoms with Gasteiger partial charge in [-0.05, 0) is 68.3 Å². The second kappa shape index (κ2) is 14.4. The van der Waals surface area contributed by atoms with Gasteiger partial charge in [0.25, 0.3) is 10.0 Å². The molecule has 0 bridgehead atoms. The molecular formula is C34H36ClN3O4S. The summed E-state index contributed by atoms with van der Waals surface area (Å²) in [5.74, 6) is -0.838. The highest BCUT2D eigenvalue weighted by Gasteiger charge is 2.34. The van der Waals surface area contributed by atoms with Crippen molar-refractivity contribution in [1.82, 2.24) is 10.2 Å². The molecule has 0 fully saturated rings. The average Bonchev–Trinajstić information content (AvgIpc) is 3.00. The number of carbonyl (C=O) groups excluding carboxylic acids is 2. The SMILES string of the molecule is CCNC(=O)[C@@H](Cc1ccccc1)N(Cc1ccc(Cl)cc1)C(=O)CN(c1ccc(C)cc1)S(=O)(=O)c1ccc(C)cc1. The van der Waals surface area contributed by atoms with E-state index in [2.05, 4.69) is 5.32 Å². The molecule has 7 nitrogen and oxygen atoms in total. The van der Waals surface area contributed by atoms with Crippen LogP contribution in [0.2, 0.25) is 5.02 Å². The first-order valence-electron chi connectivity index (χ1n) is 14.1. The molecule has 0 saturated heterocycles. The minimum atomic E-state index is -4.14. The van der Waals surface area contributed by atoms with Gasteiger partial charge in [0.1, 0.15) is 12.6 Å². The number of sulfonamides is 1. The fraction of sp³-hybridized carbons (Fsp3) is 0.235. The van der Waals surface area contributed by atoms with Crippen LogP contribution in [0.4, 0.5) is 5.69 Å².